The van der Waals surface area contributed by atoms with Gasteiger partial charge in [-0.1, -0.05) is 41.3 Å². The van der Waals surface area contributed by atoms with Gasteiger partial charge in [0, 0.05) is 24.1 Å². The summed E-state index contributed by atoms with van der Waals surface area (Å²) in [7, 11) is 3.28. The molecular formula is C26H23ClFN3O3S3. The van der Waals surface area contributed by atoms with Gasteiger partial charge in [0.05, 0.1) is 29.8 Å². The number of thiazole rings is 2. The normalized spacial score (nSPS) is 14.5. The summed E-state index contributed by atoms with van der Waals surface area (Å²) in [5, 5.41) is 3.74. The fraction of sp³-hybridized carbons (Fsp3) is 0.192. The van der Waals surface area contributed by atoms with Gasteiger partial charge >= 0.3 is 5.97 Å². The molecule has 0 aliphatic carbocycles. The van der Waals surface area contributed by atoms with E-state index in [1.807, 2.05) is 54.7 Å². The number of esters is 1. The maximum atomic E-state index is 13.8. The minimum Gasteiger partial charge on any atom is -1.00 e. The molecule has 2 aromatic carbocycles. The minimum atomic E-state index is -0.370. The van der Waals surface area contributed by atoms with Crippen molar-refractivity contribution in [1.82, 2.24) is 4.57 Å². The standard InChI is InChI=1S/C26H23FN3O3S3.ClH/c1-4-30-22(36-23(24(30)31)25-28(2)19-10-9-17(27)13-20(19)35-25)14-21-29(11-12-34-21)15-16-7-5-6-8-18(16)26(32)33-3;/h5-14H,4,15H2,1-3H3;1H/q+1;/p-1/b25-23+;. The lowest BCUT2D eigenvalue weighted by Gasteiger charge is -2.12. The lowest BCUT2D eigenvalue weighted by atomic mass is 10.1. The topological polar surface area (TPSA) is 55.4 Å². The van der Waals surface area contributed by atoms with E-state index < -0.39 is 0 Å². The summed E-state index contributed by atoms with van der Waals surface area (Å²) in [6, 6.07) is 12.1. The van der Waals surface area contributed by atoms with Crippen LogP contribution in [0.15, 0.2) is 63.7 Å². The molecule has 1 aliphatic rings. The Balaban J connectivity index is 0.00000320. The molecule has 0 N–H and O–H groups in total. The number of hydrogen-bond acceptors (Lipinski definition) is 7. The van der Waals surface area contributed by atoms with E-state index in [4.69, 9.17) is 4.74 Å². The molecule has 0 bridgehead atoms. The van der Waals surface area contributed by atoms with Gasteiger partial charge in [-0.3, -0.25) is 9.36 Å². The van der Waals surface area contributed by atoms with Crippen LogP contribution < -0.4 is 36.6 Å². The molecule has 37 heavy (non-hydrogen) atoms. The second-order valence-electron chi connectivity index (χ2n) is 8.06. The second-order valence-corrected chi connectivity index (χ2v) is 11.0. The first-order valence-electron chi connectivity index (χ1n) is 11.2. The third-order valence-electron chi connectivity index (χ3n) is 5.94. The van der Waals surface area contributed by atoms with Gasteiger partial charge in [0.1, 0.15) is 20.0 Å². The first kappa shape index (κ1) is 27.1. The van der Waals surface area contributed by atoms with Crippen LogP contribution in [-0.2, 0) is 17.8 Å². The van der Waals surface area contributed by atoms with Gasteiger partial charge in [0.2, 0.25) is 0 Å². The molecule has 1 aliphatic heterocycles. The van der Waals surface area contributed by atoms with E-state index in [0.29, 0.717) is 23.2 Å². The molecule has 2 aromatic heterocycles. The predicted octanol–water partition coefficient (Wildman–Crippen LogP) is 0.393. The molecule has 192 valence electrons. The molecule has 4 aromatic rings. The number of carbonyl (C=O) groups excluding carboxylic acids is 1. The zero-order chi connectivity index (χ0) is 25.4. The van der Waals surface area contributed by atoms with Gasteiger partial charge in [-0.2, -0.15) is 4.57 Å². The van der Waals surface area contributed by atoms with Crippen LogP contribution in [0.25, 0.3) is 11.1 Å². The second kappa shape index (κ2) is 11.2. The summed E-state index contributed by atoms with van der Waals surface area (Å²) in [5.74, 6) is -0.663. The number of aromatic nitrogens is 2. The quantitative estimate of drug-likeness (QED) is 0.255. The largest absolute Gasteiger partial charge is 1.00 e. The van der Waals surface area contributed by atoms with Crippen LogP contribution in [-0.4, -0.2) is 24.7 Å². The molecule has 3 heterocycles. The van der Waals surface area contributed by atoms with Gasteiger partial charge in [0.25, 0.3) is 10.6 Å². The lowest BCUT2D eigenvalue weighted by molar-refractivity contribution is -0.685. The number of methoxy groups -OCH3 is 1. The first-order chi connectivity index (χ1) is 17.4. The van der Waals surface area contributed by atoms with Crippen LogP contribution in [0, 0.1) is 5.82 Å². The van der Waals surface area contributed by atoms with Gasteiger partial charge in [-0.25, -0.2) is 9.18 Å². The Hall–Kier alpha value is -2.92. The third kappa shape index (κ3) is 5.11. The molecule has 5 rings (SSSR count). The Labute approximate surface area is 231 Å². The van der Waals surface area contributed by atoms with Crippen LogP contribution in [0.2, 0.25) is 0 Å². The van der Waals surface area contributed by atoms with Crippen molar-refractivity contribution in [2.24, 2.45) is 0 Å². The number of fused-ring (bicyclic) bond motifs is 1. The fourth-order valence-electron chi connectivity index (χ4n) is 4.11. The first-order valence-corrected chi connectivity index (χ1v) is 13.7. The van der Waals surface area contributed by atoms with E-state index in [2.05, 4.69) is 4.57 Å². The Morgan fingerprint density at radius 3 is 2.76 bits per heavy atom. The molecule has 0 amide bonds. The average molecular weight is 576 g/mol. The molecule has 0 saturated carbocycles. The van der Waals surface area contributed by atoms with Crippen molar-refractivity contribution >= 4 is 57.2 Å². The predicted molar refractivity (Wildman–Crippen MR) is 143 cm³/mol. The van der Waals surface area contributed by atoms with Crippen molar-refractivity contribution in [3.05, 3.63) is 95.5 Å². The van der Waals surface area contributed by atoms with Gasteiger partial charge < -0.3 is 22.0 Å². The van der Waals surface area contributed by atoms with E-state index in [9.17, 15) is 14.0 Å². The van der Waals surface area contributed by atoms with Crippen molar-refractivity contribution in [1.29, 1.82) is 0 Å². The lowest BCUT2D eigenvalue weighted by Crippen LogP contribution is -3.00. The summed E-state index contributed by atoms with van der Waals surface area (Å²) in [6.45, 7) is 2.97. The molecule has 0 unspecified atom stereocenters. The fourth-order valence-corrected chi connectivity index (χ4v) is 7.45. The van der Waals surface area contributed by atoms with Crippen LogP contribution >= 0.6 is 34.4 Å². The van der Waals surface area contributed by atoms with E-state index >= 15 is 0 Å². The van der Waals surface area contributed by atoms with E-state index in [1.165, 1.54) is 42.3 Å². The summed E-state index contributed by atoms with van der Waals surface area (Å²) < 4.78 is 24.0. The molecule has 0 atom stereocenters. The smallest absolute Gasteiger partial charge is 0.338 e. The van der Waals surface area contributed by atoms with Crippen LogP contribution in [0.5, 0.6) is 0 Å². The Kier molecular flexibility index (Phi) is 8.23. The van der Waals surface area contributed by atoms with E-state index in [-0.39, 0.29) is 29.8 Å². The molecule has 11 heteroatoms. The SMILES string of the molecule is CCn1c(=O)/c(=C2\Sc3cc(F)ccc3N2C)s/c1=C\c1scc[n+]1Cc1ccccc1C(=O)OC.[Cl-]. The summed E-state index contributed by atoms with van der Waals surface area (Å²) in [5.41, 5.74) is 2.21. The molecule has 0 fully saturated rings. The zero-order valence-corrected chi connectivity index (χ0v) is 23.4. The van der Waals surface area contributed by atoms with Crippen LogP contribution in [0.3, 0.4) is 0 Å². The van der Waals surface area contributed by atoms with Crippen molar-refractivity contribution in [3.8, 4) is 0 Å². The Morgan fingerprint density at radius 2 is 2.00 bits per heavy atom. The molecule has 0 radical (unpaired) electrons. The van der Waals surface area contributed by atoms with Gasteiger partial charge in [-0.05, 0) is 31.2 Å². The van der Waals surface area contributed by atoms with Crippen molar-refractivity contribution in [3.63, 3.8) is 0 Å². The third-order valence-corrected chi connectivity index (χ3v) is 9.26. The van der Waals surface area contributed by atoms with Crippen molar-refractivity contribution in [2.45, 2.75) is 24.9 Å². The highest BCUT2D eigenvalue weighted by atomic mass is 35.5. The number of hydrogen-bond donors (Lipinski definition) is 0. The number of benzene rings is 2. The number of halogens is 2. The summed E-state index contributed by atoms with van der Waals surface area (Å²) in [6.07, 6.45) is 3.98. The van der Waals surface area contributed by atoms with Crippen LogP contribution in [0.1, 0.15) is 27.9 Å². The van der Waals surface area contributed by atoms with Gasteiger partial charge in [0.15, 0.2) is 12.7 Å². The number of carbonyl (C=O) groups is 1. The molecule has 0 saturated heterocycles. The molecule has 0 spiro atoms. The Bertz CT molecular complexity index is 1660. The number of anilines is 1. The monoisotopic (exact) mass is 575 g/mol. The highest BCUT2D eigenvalue weighted by Gasteiger charge is 2.25. The van der Waals surface area contributed by atoms with E-state index in [1.54, 1.807) is 28.0 Å². The van der Waals surface area contributed by atoms with Gasteiger partial charge in [-0.15, -0.1) is 11.3 Å². The summed E-state index contributed by atoms with van der Waals surface area (Å²) >= 11 is 4.41. The minimum absolute atomic E-state index is 0. The number of nitrogens with zero attached hydrogens (tertiary/aromatic N) is 3. The number of ether oxygens (including phenoxy) is 1. The van der Waals surface area contributed by atoms with Crippen LogP contribution in [0.4, 0.5) is 10.1 Å². The van der Waals surface area contributed by atoms with Crippen molar-refractivity contribution in [2.75, 3.05) is 19.1 Å². The Morgan fingerprint density at radius 1 is 1.22 bits per heavy atom. The molecular weight excluding hydrogens is 553 g/mol. The van der Waals surface area contributed by atoms with Crippen molar-refractivity contribution < 1.29 is 30.9 Å². The number of thioether (sulfide) groups is 1. The maximum absolute atomic E-state index is 13.8. The summed E-state index contributed by atoms with van der Waals surface area (Å²) in [4.78, 5) is 28.4. The van der Waals surface area contributed by atoms with E-state index in [0.717, 1.165) is 30.8 Å². The zero-order valence-electron chi connectivity index (χ0n) is 20.2. The highest BCUT2D eigenvalue weighted by Crippen LogP contribution is 2.45. The maximum Gasteiger partial charge on any atom is 0.338 e. The number of rotatable bonds is 5. The highest BCUT2D eigenvalue weighted by molar-refractivity contribution is 8.08. The average Bonchev–Trinajstić information content (AvgIpc) is 3.54. The molecule has 6 nitrogen and oxygen atoms in total.